The summed E-state index contributed by atoms with van der Waals surface area (Å²) in [4.78, 5) is 0. The quantitative estimate of drug-likeness (QED) is 0.509. The van der Waals surface area contributed by atoms with Gasteiger partial charge >= 0.3 is 0 Å². The molecule has 0 amide bonds. The van der Waals surface area contributed by atoms with E-state index >= 15 is 0 Å². The van der Waals surface area contributed by atoms with Gasteiger partial charge in [-0.05, 0) is 36.5 Å². The molecule has 0 aromatic heterocycles. The molecule has 0 fully saturated rings. The fraction of sp³-hybridized carbons (Fsp3) is 1.00. The molecule has 0 N–H and O–H groups in total. The molecule has 0 spiro atoms. The molecular formula is C16H40. The van der Waals surface area contributed by atoms with E-state index in [9.17, 15) is 0 Å². The Morgan fingerprint density at radius 2 is 0.562 bits per heavy atom. The molecule has 104 valence electrons. The van der Waals surface area contributed by atoms with E-state index in [4.69, 9.17) is 0 Å². The van der Waals surface area contributed by atoms with E-state index in [2.05, 4.69) is 55.4 Å². The second-order valence-electron chi connectivity index (χ2n) is 6.05. The maximum absolute atomic E-state index is 2.26. The lowest BCUT2D eigenvalue weighted by atomic mass is 10.0. The Labute approximate surface area is 107 Å². The Balaban J connectivity index is -0.0000000800. The van der Waals surface area contributed by atoms with Gasteiger partial charge in [0.05, 0.1) is 0 Å². The van der Waals surface area contributed by atoms with Gasteiger partial charge in [-0.25, -0.2) is 0 Å². The van der Waals surface area contributed by atoms with Gasteiger partial charge in [-0.3, -0.25) is 0 Å². The normalized spacial score (nSPS) is 9.75. The van der Waals surface area contributed by atoms with Gasteiger partial charge in [0.25, 0.3) is 0 Å². The molecule has 0 aliphatic carbocycles. The summed E-state index contributed by atoms with van der Waals surface area (Å²) in [6.07, 6.45) is 2.72. The molecule has 0 heterocycles. The van der Waals surface area contributed by atoms with Crippen LogP contribution in [0.5, 0.6) is 0 Å². The molecule has 0 heteroatoms. The van der Waals surface area contributed by atoms with Crippen LogP contribution < -0.4 is 0 Å². The highest BCUT2D eigenvalue weighted by molar-refractivity contribution is 4.48. The first-order valence-electron chi connectivity index (χ1n) is 6.25. The Hall–Kier alpha value is 0. The van der Waals surface area contributed by atoms with E-state index in [0.29, 0.717) is 0 Å². The lowest BCUT2D eigenvalue weighted by molar-refractivity contribution is 0.469. The van der Waals surface area contributed by atoms with Crippen molar-refractivity contribution in [2.75, 3.05) is 0 Å². The van der Waals surface area contributed by atoms with Crippen LogP contribution in [0.4, 0.5) is 0 Å². The van der Waals surface area contributed by atoms with E-state index in [1.165, 1.54) is 12.8 Å². The third-order valence-electron chi connectivity index (χ3n) is 1.89. The highest BCUT2D eigenvalue weighted by atomic mass is 14.0. The zero-order valence-corrected chi connectivity index (χ0v) is 11.7. The third kappa shape index (κ3) is 37.0. The van der Waals surface area contributed by atoms with Crippen molar-refractivity contribution in [2.45, 2.75) is 83.1 Å². The minimum Gasteiger partial charge on any atom is -0.0776 e. The largest absolute Gasteiger partial charge is 0.0776 e. The fourth-order valence-corrected chi connectivity index (χ4v) is 1.89. The molecule has 0 aliphatic heterocycles. The van der Waals surface area contributed by atoms with Gasteiger partial charge < -0.3 is 0 Å². The summed E-state index contributed by atoms with van der Waals surface area (Å²) in [6.45, 7) is 18.1. The van der Waals surface area contributed by atoms with Crippen molar-refractivity contribution >= 4 is 0 Å². The van der Waals surface area contributed by atoms with E-state index in [0.717, 1.165) is 23.7 Å². The van der Waals surface area contributed by atoms with E-state index in [1.54, 1.807) is 0 Å². The summed E-state index contributed by atoms with van der Waals surface area (Å²) in [5.41, 5.74) is 0. The van der Waals surface area contributed by atoms with Gasteiger partial charge in [0.1, 0.15) is 0 Å². The van der Waals surface area contributed by atoms with Crippen LogP contribution in [-0.2, 0) is 0 Å². The average Bonchev–Trinajstić information content (AvgIpc) is 1.79. The molecule has 0 nitrogen and oxygen atoms in total. The number of hydrogen-bond donors (Lipinski definition) is 0. The second-order valence-corrected chi connectivity index (χ2v) is 6.05. The highest BCUT2D eigenvalue weighted by Gasteiger charge is 1.96. The van der Waals surface area contributed by atoms with Gasteiger partial charge in [-0.2, -0.15) is 0 Å². The molecule has 0 bridgehead atoms. The molecular weight excluding hydrogens is 192 g/mol. The maximum atomic E-state index is 2.26. The van der Waals surface area contributed by atoms with Gasteiger partial charge in [0.15, 0.2) is 0 Å². The Kier molecular flexibility index (Phi) is 23.4. The van der Waals surface area contributed by atoms with Gasteiger partial charge in [-0.1, -0.05) is 70.2 Å². The molecule has 0 aliphatic rings. The molecule has 0 rings (SSSR count). The van der Waals surface area contributed by atoms with Crippen molar-refractivity contribution in [3.8, 4) is 0 Å². The highest BCUT2D eigenvalue weighted by Crippen LogP contribution is 2.08. The topological polar surface area (TPSA) is 0 Å². The fourth-order valence-electron chi connectivity index (χ4n) is 1.89. The second kappa shape index (κ2) is 15.0. The van der Waals surface area contributed by atoms with Crippen LogP contribution in [0.1, 0.15) is 83.1 Å². The lowest BCUT2D eigenvalue weighted by Gasteiger charge is -2.05. The van der Waals surface area contributed by atoms with Crippen molar-refractivity contribution < 1.29 is 0 Å². The summed E-state index contributed by atoms with van der Waals surface area (Å²) in [5.74, 6) is 3.50. The van der Waals surface area contributed by atoms with E-state index in [1.807, 2.05) is 0 Å². The van der Waals surface area contributed by atoms with Crippen LogP contribution in [0, 0.1) is 23.7 Å². The zero-order valence-electron chi connectivity index (χ0n) is 11.7. The van der Waals surface area contributed by atoms with Gasteiger partial charge in [0.2, 0.25) is 0 Å². The van der Waals surface area contributed by atoms with Gasteiger partial charge in [-0.15, -0.1) is 0 Å². The van der Waals surface area contributed by atoms with Crippen molar-refractivity contribution in [3.63, 3.8) is 0 Å². The molecule has 16 heavy (non-hydrogen) atoms. The van der Waals surface area contributed by atoms with E-state index < -0.39 is 0 Å². The van der Waals surface area contributed by atoms with E-state index in [-0.39, 0.29) is 14.9 Å². The van der Waals surface area contributed by atoms with Crippen LogP contribution in [0.25, 0.3) is 0 Å². The summed E-state index contributed by atoms with van der Waals surface area (Å²) in [6, 6.07) is 0. The summed E-state index contributed by atoms with van der Waals surface area (Å²) in [7, 11) is 0. The Morgan fingerprint density at radius 1 is 0.438 bits per heavy atom. The predicted octanol–water partition coefficient (Wildman–Crippen LogP) is 6.65. The van der Waals surface area contributed by atoms with Crippen LogP contribution in [0.2, 0.25) is 0 Å². The first-order valence-corrected chi connectivity index (χ1v) is 6.25. The van der Waals surface area contributed by atoms with Crippen molar-refractivity contribution in [3.05, 3.63) is 0 Å². The molecule has 0 unspecified atom stereocenters. The third-order valence-corrected chi connectivity index (χ3v) is 1.89. The summed E-state index contributed by atoms with van der Waals surface area (Å²) in [5, 5.41) is 0. The monoisotopic (exact) mass is 232 g/mol. The Bertz CT molecular complexity index is 72.6. The average molecular weight is 232 g/mol. The molecule has 0 atom stereocenters. The maximum Gasteiger partial charge on any atom is -0.0469 e. The number of rotatable bonds is 4. The lowest BCUT2D eigenvalue weighted by Crippen LogP contribution is -1.93. The summed E-state index contributed by atoms with van der Waals surface area (Å²) < 4.78 is 0. The standard InChI is InChI=1S/2C7H16.2CH4/c2*1-6(2)5-7(3)4;;/h2*6-7H,5H2,1-4H3;2*1H4. The molecule has 0 radical (unpaired) electrons. The SMILES string of the molecule is C.C.CC(C)CC(C)C.CC(C)CC(C)C. The predicted molar refractivity (Wildman–Crippen MR) is 82.0 cm³/mol. The van der Waals surface area contributed by atoms with Crippen molar-refractivity contribution in [2.24, 2.45) is 23.7 Å². The zero-order chi connectivity index (χ0) is 11.7. The van der Waals surface area contributed by atoms with Crippen molar-refractivity contribution in [1.29, 1.82) is 0 Å². The molecule has 0 aromatic rings. The minimum atomic E-state index is 0. The Morgan fingerprint density at radius 3 is 0.562 bits per heavy atom. The minimum absolute atomic E-state index is 0. The van der Waals surface area contributed by atoms with Gasteiger partial charge in [0, 0.05) is 0 Å². The van der Waals surface area contributed by atoms with Crippen LogP contribution in [0.3, 0.4) is 0 Å². The smallest absolute Gasteiger partial charge is 0.0469 e. The van der Waals surface area contributed by atoms with Crippen LogP contribution in [-0.4, -0.2) is 0 Å². The van der Waals surface area contributed by atoms with Crippen LogP contribution in [0.15, 0.2) is 0 Å². The molecule has 0 aromatic carbocycles. The molecule has 0 saturated heterocycles. The first-order chi connectivity index (χ1) is 6.25. The summed E-state index contributed by atoms with van der Waals surface area (Å²) >= 11 is 0. The van der Waals surface area contributed by atoms with Crippen molar-refractivity contribution in [1.82, 2.24) is 0 Å². The molecule has 0 saturated carbocycles. The number of hydrogen-bond acceptors (Lipinski definition) is 0. The van der Waals surface area contributed by atoms with Crippen LogP contribution >= 0.6 is 0 Å². The first kappa shape index (κ1) is 25.0.